The van der Waals surface area contributed by atoms with Crippen LogP contribution in [0.1, 0.15) is 91.4 Å². The number of amides is 3. The van der Waals surface area contributed by atoms with Crippen LogP contribution in [0.25, 0.3) is 0 Å². The van der Waals surface area contributed by atoms with Gasteiger partial charge in [-0.3, -0.25) is 19.2 Å². The minimum absolute atomic E-state index is 0.0368. The van der Waals surface area contributed by atoms with Crippen LogP contribution in [-0.4, -0.2) is 74.8 Å². The van der Waals surface area contributed by atoms with E-state index < -0.39 is 46.7 Å². The molecule has 0 aromatic rings. The number of primary amides is 1. The van der Waals surface area contributed by atoms with E-state index in [4.69, 9.17) is 23.0 Å². The molecule has 2 unspecified atom stereocenters. The maximum atomic E-state index is 13.3. The van der Waals surface area contributed by atoms with Crippen molar-refractivity contribution >= 4 is 23.5 Å². The molecule has 3 saturated carbocycles. The fourth-order valence-corrected chi connectivity index (χ4v) is 6.89. The minimum atomic E-state index is -1.35. The number of likely N-dealkylation sites (tertiary alicyclic amines) is 1. The first-order chi connectivity index (χ1) is 18.7. The number of aliphatic hydroxyl groups is 1. The quantitative estimate of drug-likeness (QED) is 0.134. The third kappa shape index (κ3) is 6.77. The molecule has 0 aromatic carbocycles. The van der Waals surface area contributed by atoms with E-state index in [2.05, 4.69) is 12.2 Å². The van der Waals surface area contributed by atoms with E-state index in [-0.39, 0.29) is 30.6 Å². The monoisotopic (exact) mass is 563 g/mol. The van der Waals surface area contributed by atoms with E-state index in [0.717, 1.165) is 25.2 Å². The lowest BCUT2D eigenvalue weighted by Gasteiger charge is -2.60. The number of rotatable bonds is 8. The van der Waals surface area contributed by atoms with Crippen molar-refractivity contribution in [3.63, 3.8) is 0 Å². The Morgan fingerprint density at radius 2 is 1.70 bits per heavy atom. The van der Waals surface area contributed by atoms with Crippen molar-refractivity contribution < 1.29 is 24.3 Å². The number of hydrogen-bond acceptors (Lipinski definition) is 9. The number of carbonyl (C=O) groups excluding carboxylic acids is 4. The molecule has 0 bridgehead atoms. The predicted octanol–water partition coefficient (Wildman–Crippen LogP) is 0.121. The second-order valence-corrected chi connectivity index (χ2v) is 12.9. The van der Waals surface area contributed by atoms with Crippen molar-refractivity contribution in [2.75, 3.05) is 13.1 Å². The first-order valence-corrected chi connectivity index (χ1v) is 14.5. The number of hydrazine groups is 1. The molecule has 4 rings (SSSR count). The molecule has 3 amide bonds. The average Bonchev–Trinajstić information content (AvgIpc) is 3.30. The van der Waals surface area contributed by atoms with Crippen molar-refractivity contribution in [3.05, 3.63) is 11.9 Å². The number of Topliss-reactive ketones (excluding diaryl/α,β-unsaturated/α-hetero) is 1. The predicted molar refractivity (Wildman–Crippen MR) is 150 cm³/mol. The van der Waals surface area contributed by atoms with Crippen LogP contribution in [0.15, 0.2) is 11.9 Å². The number of nitrogens with two attached hydrogens (primary N) is 4. The first kappa shape index (κ1) is 31.8. The van der Waals surface area contributed by atoms with Crippen LogP contribution in [0.3, 0.4) is 0 Å². The van der Waals surface area contributed by atoms with Gasteiger partial charge in [-0.15, -0.1) is 0 Å². The summed E-state index contributed by atoms with van der Waals surface area (Å²) in [6.45, 7) is 5.14. The highest BCUT2D eigenvalue weighted by molar-refractivity contribution is 6.39. The number of carbonyl (C=O) groups is 4. The van der Waals surface area contributed by atoms with Crippen molar-refractivity contribution in [3.8, 4) is 0 Å². The molecule has 0 radical (unpaired) electrons. The molecule has 4 fully saturated rings. The van der Waals surface area contributed by atoms with E-state index in [1.807, 2.05) is 0 Å². The van der Waals surface area contributed by atoms with Gasteiger partial charge in [0.15, 0.2) is 0 Å². The first-order valence-electron chi connectivity index (χ1n) is 14.5. The van der Waals surface area contributed by atoms with Crippen LogP contribution in [-0.2, 0) is 19.2 Å². The summed E-state index contributed by atoms with van der Waals surface area (Å²) < 4.78 is 0. The Bertz CT molecular complexity index is 989. The Balaban J connectivity index is 0.000000547. The zero-order chi connectivity index (χ0) is 29.9. The third-order valence-corrected chi connectivity index (χ3v) is 9.22. The molecule has 12 nitrogen and oxygen atoms in total. The van der Waals surface area contributed by atoms with E-state index in [1.54, 1.807) is 0 Å². The lowest BCUT2D eigenvalue weighted by atomic mass is 9.47. The van der Waals surface area contributed by atoms with Crippen LogP contribution >= 0.6 is 0 Å². The third-order valence-electron chi connectivity index (χ3n) is 9.22. The molecular formula is C28H49N7O5. The smallest absolute Gasteiger partial charge is 0.287 e. The second-order valence-electron chi connectivity index (χ2n) is 12.9. The number of hydrogen-bond donors (Lipinski definition) is 6. The van der Waals surface area contributed by atoms with Crippen LogP contribution < -0.4 is 28.4 Å². The highest BCUT2D eigenvalue weighted by Gasteiger charge is 2.63. The molecule has 226 valence electrons. The van der Waals surface area contributed by atoms with Gasteiger partial charge in [-0.2, -0.15) is 0 Å². The van der Waals surface area contributed by atoms with Crippen LogP contribution in [0.5, 0.6) is 0 Å². The maximum absolute atomic E-state index is 13.3. The molecule has 10 N–H and O–H groups in total. The summed E-state index contributed by atoms with van der Waals surface area (Å²) in [6, 6.07) is -1.51. The van der Waals surface area contributed by atoms with Crippen molar-refractivity contribution in [1.82, 2.24) is 15.2 Å². The molecule has 1 aliphatic heterocycles. The van der Waals surface area contributed by atoms with Crippen molar-refractivity contribution in [2.45, 2.75) is 115 Å². The lowest BCUT2D eigenvalue weighted by Crippen LogP contribution is -2.71. The van der Waals surface area contributed by atoms with Crippen molar-refractivity contribution in [2.24, 2.45) is 34.4 Å². The fraction of sp³-hybridized carbons (Fsp3) is 0.786. The molecule has 4 aliphatic rings. The van der Waals surface area contributed by atoms with Gasteiger partial charge in [0.1, 0.15) is 17.2 Å². The Kier molecular flexibility index (Phi) is 9.90. The van der Waals surface area contributed by atoms with Crippen LogP contribution in [0.4, 0.5) is 0 Å². The molecule has 0 aromatic heterocycles. The van der Waals surface area contributed by atoms with E-state index in [0.29, 0.717) is 12.8 Å². The Morgan fingerprint density at radius 3 is 2.10 bits per heavy atom. The number of nitrogens with one attached hydrogen (secondary N) is 1. The van der Waals surface area contributed by atoms with E-state index in [9.17, 15) is 24.3 Å². The molecule has 12 heteroatoms. The van der Waals surface area contributed by atoms with Gasteiger partial charge in [0.25, 0.3) is 5.91 Å². The Morgan fingerprint density at radius 1 is 1.10 bits per heavy atom. The van der Waals surface area contributed by atoms with Gasteiger partial charge in [0, 0.05) is 19.2 Å². The summed E-state index contributed by atoms with van der Waals surface area (Å²) in [5.74, 6) is 4.29. The zero-order valence-corrected chi connectivity index (χ0v) is 24.3. The normalized spacial score (nSPS) is 25.6. The van der Waals surface area contributed by atoms with Gasteiger partial charge in [0.05, 0.1) is 18.3 Å². The zero-order valence-electron chi connectivity index (χ0n) is 24.3. The van der Waals surface area contributed by atoms with Crippen LogP contribution in [0, 0.1) is 11.3 Å². The van der Waals surface area contributed by atoms with Crippen LogP contribution in [0.2, 0.25) is 0 Å². The standard InChI is InChI=1S/C21H35N7O5.C7H14/c1-19(2,33)14(7-22)28(25)12-6-13(27(9-12)15(29)8-23)18(32)26-21(16(30)17(24)31)10-20(11-21)4-3-5-20;1-7-5-3-2-4-6-7/h7,12-13,33H,3-6,8-11,22-23,25H2,1-2H3,(H2,24,31)(H,26,32);7H,2-6H2,1H3/b14-7-;. The Hall–Kier alpha value is -2.70. The lowest BCUT2D eigenvalue weighted by molar-refractivity contribution is -0.156. The minimum Gasteiger partial charge on any atom is -0.403 e. The average molecular weight is 564 g/mol. The Labute approximate surface area is 237 Å². The summed E-state index contributed by atoms with van der Waals surface area (Å²) in [5, 5.41) is 14.4. The van der Waals surface area contributed by atoms with Gasteiger partial charge in [-0.25, -0.2) is 5.84 Å². The van der Waals surface area contributed by atoms with Gasteiger partial charge in [-0.1, -0.05) is 45.4 Å². The van der Waals surface area contributed by atoms with Crippen molar-refractivity contribution in [1.29, 1.82) is 0 Å². The SMILES string of the molecule is CC(C)(O)/C(=C/N)N(N)C1CC(C(=O)NC2(C(=O)C(N)=O)CC3(CCC3)C2)N(C(=O)CN)C1.CC1CCCCC1. The molecule has 2 atom stereocenters. The van der Waals surface area contributed by atoms with E-state index >= 15 is 0 Å². The maximum Gasteiger partial charge on any atom is 0.287 e. The second kappa shape index (κ2) is 12.4. The summed E-state index contributed by atoms with van der Waals surface area (Å²) in [6.07, 6.45) is 12.4. The molecule has 3 aliphatic carbocycles. The number of nitrogens with zero attached hydrogens (tertiary/aromatic N) is 2. The summed E-state index contributed by atoms with van der Waals surface area (Å²) in [4.78, 5) is 51.5. The number of ketones is 1. The highest BCUT2D eigenvalue weighted by atomic mass is 16.3. The highest BCUT2D eigenvalue weighted by Crippen LogP contribution is 2.60. The van der Waals surface area contributed by atoms with Gasteiger partial charge in [0.2, 0.25) is 17.6 Å². The molecule has 1 heterocycles. The molecule has 40 heavy (non-hydrogen) atoms. The summed E-state index contributed by atoms with van der Waals surface area (Å²) >= 11 is 0. The fourth-order valence-electron chi connectivity index (χ4n) is 6.89. The van der Waals surface area contributed by atoms with Gasteiger partial charge < -0.3 is 37.5 Å². The molecule has 1 spiro atoms. The topological polar surface area (TPSA) is 211 Å². The van der Waals surface area contributed by atoms with Gasteiger partial charge >= 0.3 is 0 Å². The summed E-state index contributed by atoms with van der Waals surface area (Å²) in [7, 11) is 0. The van der Waals surface area contributed by atoms with E-state index in [1.165, 1.54) is 62.1 Å². The largest absolute Gasteiger partial charge is 0.403 e. The summed E-state index contributed by atoms with van der Waals surface area (Å²) in [5.41, 5.74) is 14.0. The van der Waals surface area contributed by atoms with Gasteiger partial charge in [-0.05, 0) is 50.9 Å². The molecular weight excluding hydrogens is 514 g/mol. The molecule has 1 saturated heterocycles.